The molecule has 1 atom stereocenters. The second-order valence-corrected chi connectivity index (χ2v) is 9.26. The predicted molar refractivity (Wildman–Crippen MR) is 117 cm³/mol. The fraction of sp³-hybridized carbons (Fsp3) is 0.714. The third-order valence-electron chi connectivity index (χ3n) is 5.35. The van der Waals surface area contributed by atoms with Crippen LogP contribution in [0.3, 0.4) is 0 Å². The van der Waals surface area contributed by atoms with E-state index in [9.17, 15) is 14.0 Å². The lowest BCUT2D eigenvalue weighted by Crippen LogP contribution is -2.36. The van der Waals surface area contributed by atoms with Gasteiger partial charge in [0.2, 0.25) is 5.91 Å². The van der Waals surface area contributed by atoms with E-state index in [1.165, 1.54) is 11.6 Å². The molecule has 1 unspecified atom stereocenters. The van der Waals surface area contributed by atoms with Crippen LogP contribution in [-0.2, 0) is 16.6 Å². The summed E-state index contributed by atoms with van der Waals surface area (Å²) in [5.41, 5.74) is -0.489. The van der Waals surface area contributed by atoms with Gasteiger partial charge in [0.25, 0.3) is 0 Å². The number of carbonyl (C=O) groups excluding carboxylic acids is 2. The van der Waals surface area contributed by atoms with Gasteiger partial charge in [0.15, 0.2) is 10.6 Å². The van der Waals surface area contributed by atoms with Crippen molar-refractivity contribution >= 4 is 36.3 Å². The minimum atomic E-state index is -0.647. The van der Waals surface area contributed by atoms with Gasteiger partial charge >= 0.3 is 5.97 Å². The summed E-state index contributed by atoms with van der Waals surface area (Å²) < 4.78 is 21.9. The summed E-state index contributed by atoms with van der Waals surface area (Å²) in [5, 5.41) is 0. The number of ether oxygens (including phenoxy) is 1. The second kappa shape index (κ2) is 11.1. The molecule has 0 amide bonds. The lowest BCUT2D eigenvalue weighted by molar-refractivity contribution is -0.159. The van der Waals surface area contributed by atoms with Crippen molar-refractivity contribution < 1.29 is 18.7 Å². The Morgan fingerprint density at radius 3 is 2.34 bits per heavy atom. The molecular weight excluding hydrogens is 411 g/mol. The Balaban J connectivity index is 2.48. The van der Waals surface area contributed by atoms with Crippen LogP contribution in [0.1, 0.15) is 71.5 Å². The van der Waals surface area contributed by atoms with Crippen molar-refractivity contribution in [1.82, 2.24) is 9.13 Å². The van der Waals surface area contributed by atoms with Crippen LogP contribution in [0.15, 0.2) is 6.20 Å². The topological polar surface area (TPSA) is 53.2 Å². The number of nitrogens with zero attached hydrogens (tertiary/aromatic N) is 2. The molecular formula is C21H33FN2O3S2. The van der Waals surface area contributed by atoms with Gasteiger partial charge in [0.05, 0.1) is 18.2 Å². The van der Waals surface area contributed by atoms with Crippen LogP contribution in [0.25, 0.3) is 0 Å². The number of unbranched alkanes of at least 4 members (excludes halogenated alkanes) is 2. The lowest BCUT2D eigenvalue weighted by atomic mass is 9.73. The number of carbonyl (C=O) groups is 2. The molecule has 0 radical (unpaired) electrons. The predicted octanol–water partition coefficient (Wildman–Crippen LogP) is 5.88. The van der Waals surface area contributed by atoms with Crippen molar-refractivity contribution in [1.29, 1.82) is 0 Å². The Morgan fingerprint density at radius 2 is 1.79 bits per heavy atom. The molecule has 0 aliphatic heterocycles. The minimum Gasteiger partial charge on any atom is -0.465 e. The van der Waals surface area contributed by atoms with Crippen LogP contribution in [0, 0.1) is 32.5 Å². The highest BCUT2D eigenvalue weighted by Gasteiger charge is 2.38. The van der Waals surface area contributed by atoms with E-state index in [2.05, 4.69) is 13.8 Å². The first kappa shape index (κ1) is 25.6. The number of aromatic nitrogens is 2. The van der Waals surface area contributed by atoms with Gasteiger partial charge in [0, 0.05) is 13.5 Å². The maximum atomic E-state index is 13.8. The van der Waals surface area contributed by atoms with Crippen molar-refractivity contribution in [2.75, 3.05) is 6.61 Å². The largest absolute Gasteiger partial charge is 0.465 e. The fourth-order valence-corrected chi connectivity index (χ4v) is 3.66. The van der Waals surface area contributed by atoms with E-state index in [-0.39, 0.29) is 33.6 Å². The van der Waals surface area contributed by atoms with E-state index >= 15 is 0 Å². The second-order valence-electron chi connectivity index (χ2n) is 8.50. The van der Waals surface area contributed by atoms with E-state index in [0.29, 0.717) is 25.4 Å². The van der Waals surface area contributed by atoms with Gasteiger partial charge < -0.3 is 9.30 Å². The van der Waals surface area contributed by atoms with Crippen LogP contribution in [0.4, 0.5) is 4.39 Å². The number of rotatable bonds is 10. The SMILES string of the molecule is CC(C)CC(C)(C(=O)OCCCCCC(=O)n1cc(F)c(=S)n(C)c1=S)C(C)C. The van der Waals surface area contributed by atoms with Gasteiger partial charge in [-0.15, -0.1) is 0 Å². The molecule has 0 saturated heterocycles. The normalized spacial score (nSPS) is 13.6. The van der Waals surface area contributed by atoms with Crippen LogP contribution >= 0.6 is 24.4 Å². The molecule has 8 heteroatoms. The summed E-state index contributed by atoms with van der Waals surface area (Å²) in [6.45, 7) is 10.6. The van der Waals surface area contributed by atoms with Crippen molar-refractivity contribution in [2.45, 2.75) is 66.7 Å². The number of hydrogen-bond donors (Lipinski definition) is 0. The van der Waals surface area contributed by atoms with Crippen LogP contribution in [-0.4, -0.2) is 27.6 Å². The summed E-state index contributed by atoms with van der Waals surface area (Å²) in [5.74, 6) is -0.473. The van der Waals surface area contributed by atoms with Gasteiger partial charge in [-0.3, -0.25) is 14.2 Å². The highest BCUT2D eigenvalue weighted by Crippen LogP contribution is 2.35. The maximum Gasteiger partial charge on any atom is 0.312 e. The number of esters is 1. The zero-order valence-electron chi connectivity index (χ0n) is 18.3. The van der Waals surface area contributed by atoms with Gasteiger partial charge in [-0.25, -0.2) is 4.39 Å². The van der Waals surface area contributed by atoms with E-state index < -0.39 is 11.2 Å². The summed E-state index contributed by atoms with van der Waals surface area (Å²) in [6.07, 6.45) is 4.07. The first-order valence-corrected chi connectivity index (χ1v) is 10.9. The molecule has 0 aliphatic rings. The molecule has 5 nitrogen and oxygen atoms in total. The molecule has 0 spiro atoms. The average Bonchev–Trinajstić information content (AvgIpc) is 2.64. The Labute approximate surface area is 183 Å². The molecule has 1 aromatic heterocycles. The summed E-state index contributed by atoms with van der Waals surface area (Å²) in [6, 6.07) is 0. The summed E-state index contributed by atoms with van der Waals surface area (Å²) >= 11 is 10.1. The molecule has 1 rings (SSSR count). The molecule has 0 N–H and O–H groups in total. The smallest absolute Gasteiger partial charge is 0.312 e. The molecule has 0 aliphatic carbocycles. The third-order valence-corrected chi connectivity index (χ3v) is 6.29. The van der Waals surface area contributed by atoms with Crippen molar-refractivity contribution in [2.24, 2.45) is 24.3 Å². The van der Waals surface area contributed by atoms with Crippen molar-refractivity contribution in [3.63, 3.8) is 0 Å². The van der Waals surface area contributed by atoms with E-state index in [0.717, 1.165) is 23.6 Å². The van der Waals surface area contributed by atoms with Gasteiger partial charge in [0.1, 0.15) is 4.64 Å². The average molecular weight is 445 g/mol. The van der Waals surface area contributed by atoms with E-state index in [4.69, 9.17) is 29.2 Å². The molecule has 1 heterocycles. The quantitative estimate of drug-likeness (QED) is 0.256. The van der Waals surface area contributed by atoms with Crippen LogP contribution < -0.4 is 0 Å². The lowest BCUT2D eigenvalue weighted by Gasteiger charge is -2.32. The minimum absolute atomic E-state index is 0.0215. The molecule has 164 valence electrons. The molecule has 0 bridgehead atoms. The Hall–Kier alpha value is -1.41. The maximum absolute atomic E-state index is 13.8. The first-order chi connectivity index (χ1) is 13.4. The van der Waals surface area contributed by atoms with Gasteiger partial charge in [-0.05, 0) is 56.7 Å². The van der Waals surface area contributed by atoms with E-state index in [1.54, 1.807) is 0 Å². The Kier molecular flexibility index (Phi) is 9.82. The number of hydrogen-bond acceptors (Lipinski definition) is 5. The summed E-state index contributed by atoms with van der Waals surface area (Å²) in [7, 11) is 1.54. The zero-order chi connectivity index (χ0) is 22.4. The molecule has 0 saturated carbocycles. The van der Waals surface area contributed by atoms with Crippen molar-refractivity contribution in [3.8, 4) is 0 Å². The monoisotopic (exact) mass is 444 g/mol. The van der Waals surface area contributed by atoms with Crippen LogP contribution in [0.2, 0.25) is 0 Å². The van der Waals surface area contributed by atoms with Crippen LogP contribution in [0.5, 0.6) is 0 Å². The van der Waals surface area contributed by atoms with E-state index in [1.807, 2.05) is 20.8 Å². The zero-order valence-corrected chi connectivity index (χ0v) is 19.9. The number of halogens is 1. The molecule has 1 aromatic rings. The standard InChI is InChI=1S/C21H33FN2O3S2/c1-14(2)12-21(5,15(3)4)19(26)27-11-9-7-8-10-17(25)24-13-16(22)18(28)23(6)20(24)29/h13-15H,7-12H2,1-6H3. The molecule has 0 aromatic carbocycles. The first-order valence-electron chi connectivity index (χ1n) is 10.1. The Morgan fingerprint density at radius 1 is 1.17 bits per heavy atom. The highest BCUT2D eigenvalue weighted by molar-refractivity contribution is 7.72. The van der Waals surface area contributed by atoms with Gasteiger partial charge in [-0.1, -0.05) is 39.9 Å². The highest BCUT2D eigenvalue weighted by atomic mass is 32.1. The molecule has 0 fully saturated rings. The summed E-state index contributed by atoms with van der Waals surface area (Å²) in [4.78, 5) is 24.9. The fourth-order valence-electron chi connectivity index (χ4n) is 3.22. The Bertz CT molecular complexity index is 845. The van der Waals surface area contributed by atoms with Crippen molar-refractivity contribution in [3.05, 3.63) is 21.4 Å². The van der Waals surface area contributed by atoms with Gasteiger partial charge in [-0.2, -0.15) is 0 Å². The third kappa shape index (κ3) is 6.81. The molecule has 29 heavy (non-hydrogen) atoms.